The summed E-state index contributed by atoms with van der Waals surface area (Å²) in [7, 11) is -3.74. The lowest BCUT2D eigenvalue weighted by molar-refractivity contribution is 0.226. The molecule has 20 heavy (non-hydrogen) atoms. The van der Waals surface area contributed by atoms with Crippen molar-refractivity contribution in [2.45, 2.75) is 36.6 Å². The van der Waals surface area contributed by atoms with Crippen molar-refractivity contribution in [1.29, 1.82) is 0 Å². The van der Waals surface area contributed by atoms with Crippen LogP contribution in [0.1, 0.15) is 25.7 Å². The van der Waals surface area contributed by atoms with Crippen molar-refractivity contribution in [3.8, 4) is 0 Å². The third kappa shape index (κ3) is 3.13. The van der Waals surface area contributed by atoms with Gasteiger partial charge in [0.05, 0.1) is 6.61 Å². The van der Waals surface area contributed by atoms with Crippen LogP contribution < -0.4 is 5.73 Å². The summed E-state index contributed by atoms with van der Waals surface area (Å²) in [5, 5.41) is 9.17. The monoisotopic (exact) mass is 363 g/mol. The molecule has 2 rings (SSSR count). The number of sulfonamides is 1. The Bertz CT molecular complexity index is 573. The SMILES string of the molecule is Nc1ncc(Br)cc1S(=O)(=O)N(CCO)C1CCCC1. The second-order valence-electron chi connectivity index (χ2n) is 4.81. The predicted molar refractivity (Wildman–Crippen MR) is 79.6 cm³/mol. The van der Waals surface area contributed by atoms with Crippen LogP contribution in [0.3, 0.4) is 0 Å². The quantitative estimate of drug-likeness (QED) is 0.822. The number of aliphatic hydroxyl groups excluding tert-OH is 1. The summed E-state index contributed by atoms with van der Waals surface area (Å²) in [5.74, 6) is -0.0193. The summed E-state index contributed by atoms with van der Waals surface area (Å²) in [6, 6.07) is 1.39. The molecule has 0 atom stereocenters. The molecule has 1 saturated carbocycles. The number of pyridine rings is 1. The average molecular weight is 364 g/mol. The van der Waals surface area contributed by atoms with Gasteiger partial charge in [-0.2, -0.15) is 4.31 Å². The maximum atomic E-state index is 12.8. The highest BCUT2D eigenvalue weighted by atomic mass is 79.9. The Morgan fingerprint density at radius 3 is 2.70 bits per heavy atom. The second kappa shape index (κ2) is 6.38. The molecular weight excluding hydrogens is 346 g/mol. The van der Waals surface area contributed by atoms with Crippen LogP contribution in [0, 0.1) is 0 Å². The van der Waals surface area contributed by atoms with E-state index in [0.29, 0.717) is 4.47 Å². The van der Waals surface area contributed by atoms with Crippen LogP contribution in [0.15, 0.2) is 21.6 Å². The Kier molecular flexibility index (Phi) is 5.00. The molecule has 0 saturated heterocycles. The third-order valence-electron chi connectivity index (χ3n) is 3.49. The zero-order chi connectivity index (χ0) is 14.8. The summed E-state index contributed by atoms with van der Waals surface area (Å²) < 4.78 is 27.4. The maximum Gasteiger partial charge on any atom is 0.247 e. The van der Waals surface area contributed by atoms with E-state index in [0.717, 1.165) is 25.7 Å². The van der Waals surface area contributed by atoms with Crippen molar-refractivity contribution >= 4 is 31.8 Å². The molecule has 0 aromatic carbocycles. The minimum Gasteiger partial charge on any atom is -0.395 e. The molecule has 0 radical (unpaired) electrons. The van der Waals surface area contributed by atoms with Crippen molar-refractivity contribution in [2.75, 3.05) is 18.9 Å². The molecule has 0 amide bonds. The van der Waals surface area contributed by atoms with Gasteiger partial charge in [0.1, 0.15) is 10.7 Å². The Labute approximate surface area is 127 Å². The molecule has 1 fully saturated rings. The van der Waals surface area contributed by atoms with Crippen LogP contribution in [0.25, 0.3) is 0 Å². The predicted octanol–water partition coefficient (Wildman–Crippen LogP) is 1.35. The van der Waals surface area contributed by atoms with Gasteiger partial charge in [-0.15, -0.1) is 0 Å². The molecule has 0 unspecified atom stereocenters. The zero-order valence-electron chi connectivity index (χ0n) is 11.0. The number of hydrogen-bond donors (Lipinski definition) is 2. The standard InChI is InChI=1S/C12H18BrN3O3S/c13-9-7-11(12(14)15-8-9)20(18,19)16(5-6-17)10-3-1-2-4-10/h7-8,10,17H,1-6H2,(H2,14,15). The Morgan fingerprint density at radius 2 is 2.10 bits per heavy atom. The average Bonchev–Trinajstić information content (AvgIpc) is 2.92. The smallest absolute Gasteiger partial charge is 0.247 e. The van der Waals surface area contributed by atoms with E-state index < -0.39 is 10.0 Å². The number of rotatable bonds is 5. The van der Waals surface area contributed by atoms with Gasteiger partial charge in [0.15, 0.2) is 0 Å². The number of aromatic nitrogens is 1. The molecule has 0 bridgehead atoms. The lowest BCUT2D eigenvalue weighted by Crippen LogP contribution is -2.41. The minimum absolute atomic E-state index is 0.00720. The van der Waals surface area contributed by atoms with Crippen LogP contribution in [-0.4, -0.2) is 42.0 Å². The number of aliphatic hydroxyl groups is 1. The van der Waals surface area contributed by atoms with Crippen LogP contribution in [0.2, 0.25) is 0 Å². The molecule has 0 spiro atoms. The van der Waals surface area contributed by atoms with Gasteiger partial charge in [-0.05, 0) is 34.8 Å². The topological polar surface area (TPSA) is 96.5 Å². The molecule has 1 aromatic rings. The molecule has 1 aromatic heterocycles. The number of nitrogen functional groups attached to an aromatic ring is 1. The summed E-state index contributed by atoms with van der Waals surface area (Å²) in [5.41, 5.74) is 5.71. The Balaban J connectivity index is 2.41. The van der Waals surface area contributed by atoms with E-state index in [1.807, 2.05) is 0 Å². The third-order valence-corrected chi connectivity index (χ3v) is 5.90. The maximum absolute atomic E-state index is 12.8. The van der Waals surface area contributed by atoms with Crippen molar-refractivity contribution in [2.24, 2.45) is 0 Å². The fourth-order valence-corrected chi connectivity index (χ4v) is 4.81. The second-order valence-corrected chi connectivity index (χ2v) is 7.59. The summed E-state index contributed by atoms with van der Waals surface area (Å²) in [4.78, 5) is 3.87. The van der Waals surface area contributed by atoms with Crippen LogP contribution in [0.4, 0.5) is 5.82 Å². The van der Waals surface area contributed by atoms with Gasteiger partial charge >= 0.3 is 0 Å². The molecule has 0 aliphatic heterocycles. The van der Waals surface area contributed by atoms with E-state index in [1.54, 1.807) is 0 Å². The van der Waals surface area contributed by atoms with Crippen LogP contribution in [0.5, 0.6) is 0 Å². The molecule has 112 valence electrons. The fourth-order valence-electron chi connectivity index (χ4n) is 2.55. The Hall–Kier alpha value is -0.700. The van der Waals surface area contributed by atoms with Crippen molar-refractivity contribution in [1.82, 2.24) is 9.29 Å². The molecule has 6 nitrogen and oxygen atoms in total. The number of anilines is 1. The molecular formula is C12H18BrN3O3S. The fraction of sp³-hybridized carbons (Fsp3) is 0.583. The highest BCUT2D eigenvalue weighted by Crippen LogP contribution is 2.30. The van der Waals surface area contributed by atoms with Gasteiger partial charge in [-0.25, -0.2) is 13.4 Å². The normalized spacial score (nSPS) is 16.9. The molecule has 1 heterocycles. The summed E-state index contributed by atoms with van der Waals surface area (Å²) in [6.45, 7) is -0.129. The van der Waals surface area contributed by atoms with E-state index in [1.165, 1.54) is 16.6 Å². The van der Waals surface area contributed by atoms with E-state index in [4.69, 9.17) is 10.8 Å². The number of nitrogens with two attached hydrogens (primary N) is 1. The van der Waals surface area contributed by atoms with E-state index in [2.05, 4.69) is 20.9 Å². The van der Waals surface area contributed by atoms with Crippen LogP contribution in [-0.2, 0) is 10.0 Å². The lowest BCUT2D eigenvalue weighted by Gasteiger charge is -2.27. The van der Waals surface area contributed by atoms with Crippen molar-refractivity contribution in [3.05, 3.63) is 16.7 Å². The van der Waals surface area contributed by atoms with Gasteiger partial charge < -0.3 is 10.8 Å². The van der Waals surface area contributed by atoms with Gasteiger partial charge in [-0.1, -0.05) is 12.8 Å². The Morgan fingerprint density at radius 1 is 1.45 bits per heavy atom. The first-order chi connectivity index (χ1) is 9.46. The first kappa shape index (κ1) is 15.7. The molecule has 1 aliphatic rings. The summed E-state index contributed by atoms with van der Waals surface area (Å²) >= 11 is 3.21. The van der Waals surface area contributed by atoms with Gasteiger partial charge in [-0.3, -0.25) is 0 Å². The van der Waals surface area contributed by atoms with Crippen molar-refractivity contribution in [3.63, 3.8) is 0 Å². The van der Waals surface area contributed by atoms with E-state index >= 15 is 0 Å². The molecule has 1 aliphatic carbocycles. The highest BCUT2D eigenvalue weighted by Gasteiger charge is 2.34. The van der Waals surface area contributed by atoms with E-state index in [-0.39, 0.29) is 29.9 Å². The largest absolute Gasteiger partial charge is 0.395 e. The first-order valence-corrected chi connectivity index (χ1v) is 8.74. The van der Waals surface area contributed by atoms with Crippen molar-refractivity contribution < 1.29 is 13.5 Å². The van der Waals surface area contributed by atoms with Gasteiger partial charge in [0, 0.05) is 23.3 Å². The van der Waals surface area contributed by atoms with E-state index in [9.17, 15) is 8.42 Å². The van der Waals surface area contributed by atoms with Crippen LogP contribution >= 0.6 is 15.9 Å². The number of halogens is 1. The molecule has 8 heteroatoms. The van der Waals surface area contributed by atoms with Gasteiger partial charge in [0.2, 0.25) is 10.0 Å². The first-order valence-electron chi connectivity index (χ1n) is 6.50. The number of hydrogen-bond acceptors (Lipinski definition) is 5. The zero-order valence-corrected chi connectivity index (χ0v) is 13.4. The van der Waals surface area contributed by atoms with Gasteiger partial charge in [0.25, 0.3) is 0 Å². The highest BCUT2D eigenvalue weighted by molar-refractivity contribution is 9.10. The lowest BCUT2D eigenvalue weighted by atomic mass is 10.2. The summed E-state index contributed by atoms with van der Waals surface area (Å²) in [6.07, 6.45) is 5.12. The minimum atomic E-state index is -3.74. The molecule has 3 N–H and O–H groups in total. The number of nitrogens with zero attached hydrogens (tertiary/aromatic N) is 2.